The second-order valence-electron chi connectivity index (χ2n) is 6.31. The lowest BCUT2D eigenvalue weighted by Gasteiger charge is -2.20. The van der Waals surface area contributed by atoms with Gasteiger partial charge in [-0.05, 0) is 42.0 Å². The van der Waals surface area contributed by atoms with Gasteiger partial charge in [0.1, 0.15) is 12.4 Å². The summed E-state index contributed by atoms with van der Waals surface area (Å²) in [5, 5.41) is 0.667. The Balaban J connectivity index is 1.81. The predicted molar refractivity (Wildman–Crippen MR) is 115 cm³/mol. The van der Waals surface area contributed by atoms with Crippen LogP contribution in [-0.4, -0.2) is 27.2 Å². The van der Waals surface area contributed by atoms with E-state index >= 15 is 0 Å². The van der Waals surface area contributed by atoms with Crippen molar-refractivity contribution in [1.82, 2.24) is 0 Å². The summed E-state index contributed by atoms with van der Waals surface area (Å²) < 4.78 is 16.5. The monoisotopic (exact) mass is 411 g/mol. The summed E-state index contributed by atoms with van der Waals surface area (Å²) in [6.07, 6.45) is 0. The fourth-order valence-corrected chi connectivity index (χ4v) is 2.97. The largest absolute Gasteiger partial charge is 0.493 e. The minimum atomic E-state index is -0.191. The molecule has 29 heavy (non-hydrogen) atoms. The zero-order valence-corrected chi connectivity index (χ0v) is 17.3. The first kappa shape index (κ1) is 20.6. The first-order chi connectivity index (χ1) is 14.0. The highest BCUT2D eigenvalue weighted by molar-refractivity contribution is 6.30. The van der Waals surface area contributed by atoms with E-state index in [-0.39, 0.29) is 5.91 Å². The van der Waals surface area contributed by atoms with Crippen LogP contribution in [0.15, 0.2) is 66.7 Å². The van der Waals surface area contributed by atoms with Gasteiger partial charge in [-0.2, -0.15) is 0 Å². The molecule has 0 unspecified atom stereocenters. The van der Waals surface area contributed by atoms with Crippen LogP contribution in [0.5, 0.6) is 17.2 Å². The van der Waals surface area contributed by atoms with Crippen LogP contribution in [0, 0.1) is 0 Å². The second-order valence-corrected chi connectivity index (χ2v) is 6.75. The Morgan fingerprint density at radius 3 is 2.28 bits per heavy atom. The highest BCUT2D eigenvalue weighted by atomic mass is 35.5. The Bertz CT molecular complexity index is 988. The Morgan fingerprint density at radius 1 is 0.897 bits per heavy atom. The number of rotatable bonds is 7. The lowest BCUT2D eigenvalue weighted by atomic mass is 10.1. The number of hydrogen-bond acceptors (Lipinski definition) is 4. The van der Waals surface area contributed by atoms with E-state index in [9.17, 15) is 4.79 Å². The fraction of sp³-hybridized carbons (Fsp3) is 0.174. The first-order valence-corrected chi connectivity index (χ1v) is 9.37. The molecule has 0 saturated heterocycles. The number of nitrogens with zero attached hydrogens (tertiary/aromatic N) is 1. The normalized spacial score (nSPS) is 10.3. The molecule has 3 rings (SSSR count). The van der Waals surface area contributed by atoms with Gasteiger partial charge in [-0.3, -0.25) is 4.79 Å². The summed E-state index contributed by atoms with van der Waals surface area (Å²) in [4.78, 5) is 14.7. The number of hydrogen-bond donors (Lipinski definition) is 0. The van der Waals surface area contributed by atoms with E-state index in [1.165, 1.54) is 0 Å². The molecule has 0 fully saturated rings. The Morgan fingerprint density at radius 2 is 1.59 bits per heavy atom. The number of carbonyl (C=O) groups is 1. The van der Waals surface area contributed by atoms with E-state index in [1.54, 1.807) is 56.5 Å². The molecule has 0 atom stereocenters. The average Bonchev–Trinajstić information content (AvgIpc) is 2.77. The summed E-state index contributed by atoms with van der Waals surface area (Å²) in [5.41, 5.74) is 2.11. The van der Waals surface area contributed by atoms with Gasteiger partial charge in [-0.1, -0.05) is 35.9 Å². The minimum absolute atomic E-state index is 0.191. The molecule has 0 aliphatic carbocycles. The Labute approximate surface area is 175 Å². The van der Waals surface area contributed by atoms with Gasteiger partial charge in [0.05, 0.1) is 19.8 Å². The zero-order valence-electron chi connectivity index (χ0n) is 16.5. The predicted octanol–water partition coefficient (Wildman–Crippen LogP) is 5.21. The van der Waals surface area contributed by atoms with Crippen LogP contribution in [0.4, 0.5) is 5.69 Å². The lowest BCUT2D eigenvalue weighted by molar-refractivity contribution is 0.0988. The first-order valence-electron chi connectivity index (χ1n) is 9.00. The van der Waals surface area contributed by atoms with Crippen LogP contribution in [0.3, 0.4) is 0 Å². The van der Waals surface area contributed by atoms with Crippen molar-refractivity contribution in [3.63, 3.8) is 0 Å². The van der Waals surface area contributed by atoms with Crippen LogP contribution in [0.1, 0.15) is 15.9 Å². The second kappa shape index (κ2) is 9.34. The van der Waals surface area contributed by atoms with Crippen molar-refractivity contribution in [2.75, 3.05) is 26.2 Å². The summed E-state index contributed by atoms with van der Waals surface area (Å²) in [6.45, 7) is 0.335. The fourth-order valence-electron chi connectivity index (χ4n) is 2.84. The van der Waals surface area contributed by atoms with Crippen molar-refractivity contribution < 1.29 is 19.0 Å². The summed E-state index contributed by atoms with van der Waals surface area (Å²) >= 11 is 5.92. The maximum Gasteiger partial charge on any atom is 0.261 e. The van der Waals surface area contributed by atoms with E-state index in [1.807, 2.05) is 36.4 Å². The van der Waals surface area contributed by atoms with Crippen LogP contribution in [0.2, 0.25) is 5.02 Å². The highest BCUT2D eigenvalue weighted by Gasteiger charge is 2.19. The molecule has 0 radical (unpaired) electrons. The van der Waals surface area contributed by atoms with Gasteiger partial charge < -0.3 is 19.1 Å². The Kier molecular flexibility index (Phi) is 6.62. The number of halogens is 1. The van der Waals surface area contributed by atoms with Crippen LogP contribution < -0.4 is 19.1 Å². The third kappa shape index (κ3) is 4.81. The molecule has 6 heteroatoms. The maximum atomic E-state index is 13.1. The number of amides is 1. The average molecular weight is 412 g/mol. The van der Waals surface area contributed by atoms with Crippen molar-refractivity contribution in [3.8, 4) is 17.2 Å². The Hall–Kier alpha value is -3.18. The SMILES string of the molecule is COc1ccc(N(C)C(=O)c2ccccc2OCc2ccc(Cl)cc2)cc1OC. The topological polar surface area (TPSA) is 48.0 Å². The molecule has 0 aliphatic heterocycles. The molecule has 150 valence electrons. The summed E-state index contributed by atoms with van der Waals surface area (Å²) in [5.74, 6) is 1.48. The van der Waals surface area contributed by atoms with Gasteiger partial charge in [0, 0.05) is 23.8 Å². The molecular formula is C23H22ClNO4. The molecule has 0 bridgehead atoms. The van der Waals surface area contributed by atoms with Gasteiger partial charge >= 0.3 is 0 Å². The van der Waals surface area contributed by atoms with Gasteiger partial charge in [-0.25, -0.2) is 0 Å². The number of carbonyl (C=O) groups excluding carboxylic acids is 1. The van der Waals surface area contributed by atoms with Gasteiger partial charge in [0.2, 0.25) is 0 Å². The molecule has 0 heterocycles. The molecule has 0 N–H and O–H groups in total. The van der Waals surface area contributed by atoms with Gasteiger partial charge in [0.25, 0.3) is 5.91 Å². The molecule has 1 amide bonds. The maximum absolute atomic E-state index is 13.1. The molecule has 0 aliphatic rings. The van der Waals surface area contributed by atoms with E-state index < -0.39 is 0 Å². The number of anilines is 1. The van der Waals surface area contributed by atoms with E-state index in [0.717, 1.165) is 5.56 Å². The molecule has 0 spiro atoms. The molecule has 0 aromatic heterocycles. The minimum Gasteiger partial charge on any atom is -0.493 e. The van der Waals surface area contributed by atoms with Crippen molar-refractivity contribution in [1.29, 1.82) is 0 Å². The number of benzene rings is 3. The lowest BCUT2D eigenvalue weighted by Crippen LogP contribution is -2.26. The van der Waals surface area contributed by atoms with E-state index in [4.69, 9.17) is 25.8 Å². The number of methoxy groups -OCH3 is 2. The third-order valence-corrected chi connectivity index (χ3v) is 4.74. The number of para-hydroxylation sites is 1. The van der Waals surface area contributed by atoms with Gasteiger partial charge in [-0.15, -0.1) is 0 Å². The van der Waals surface area contributed by atoms with Crippen molar-refractivity contribution in [2.45, 2.75) is 6.61 Å². The standard InChI is InChI=1S/C23H22ClNO4/c1-25(18-12-13-21(27-2)22(14-18)28-3)23(26)19-6-4-5-7-20(19)29-15-16-8-10-17(24)11-9-16/h4-14H,15H2,1-3H3. The van der Waals surface area contributed by atoms with Crippen LogP contribution in [0.25, 0.3) is 0 Å². The smallest absolute Gasteiger partial charge is 0.261 e. The third-order valence-electron chi connectivity index (χ3n) is 4.48. The summed E-state index contributed by atoms with van der Waals surface area (Å²) in [6, 6.07) is 19.9. The molecule has 0 saturated carbocycles. The summed E-state index contributed by atoms with van der Waals surface area (Å²) in [7, 11) is 4.84. The van der Waals surface area contributed by atoms with Crippen LogP contribution >= 0.6 is 11.6 Å². The van der Waals surface area contributed by atoms with Gasteiger partial charge in [0.15, 0.2) is 11.5 Å². The molecular weight excluding hydrogens is 390 g/mol. The molecule has 3 aromatic carbocycles. The molecule has 3 aromatic rings. The number of ether oxygens (including phenoxy) is 3. The van der Waals surface area contributed by atoms with Crippen molar-refractivity contribution in [3.05, 3.63) is 82.9 Å². The van der Waals surface area contributed by atoms with Crippen LogP contribution in [-0.2, 0) is 6.61 Å². The molecule has 5 nitrogen and oxygen atoms in total. The highest BCUT2D eigenvalue weighted by Crippen LogP contribution is 2.32. The van der Waals surface area contributed by atoms with Crippen molar-refractivity contribution >= 4 is 23.2 Å². The quantitative estimate of drug-likeness (QED) is 0.535. The zero-order chi connectivity index (χ0) is 20.8. The van der Waals surface area contributed by atoms with E-state index in [2.05, 4.69) is 0 Å². The van der Waals surface area contributed by atoms with Crippen molar-refractivity contribution in [2.24, 2.45) is 0 Å². The van der Waals surface area contributed by atoms with E-state index in [0.29, 0.717) is 40.1 Å².